The number of hydrogen-bond acceptors (Lipinski definition) is 4. The molecule has 0 saturated carbocycles. The number of carboxylic acids is 1. The van der Waals surface area contributed by atoms with Crippen molar-refractivity contribution in [1.29, 1.82) is 0 Å². The molecule has 0 aliphatic carbocycles. The molecule has 0 bridgehead atoms. The van der Waals surface area contributed by atoms with Crippen LogP contribution in [0.2, 0.25) is 0 Å². The molecule has 0 aliphatic heterocycles. The SMILES string of the molecule is O=C(O)c1cnn(-c2nc3ccccc3s2)c1Br. The van der Waals surface area contributed by atoms with Gasteiger partial charge in [-0.1, -0.05) is 23.5 Å². The van der Waals surface area contributed by atoms with E-state index in [9.17, 15) is 4.79 Å². The molecule has 0 radical (unpaired) electrons. The summed E-state index contributed by atoms with van der Waals surface area (Å²) in [6, 6.07) is 7.72. The molecule has 0 spiro atoms. The van der Waals surface area contributed by atoms with E-state index in [4.69, 9.17) is 5.11 Å². The third-order valence-electron chi connectivity index (χ3n) is 2.40. The predicted octanol–water partition coefficient (Wildman–Crippen LogP) is 2.94. The molecular formula is C11H6BrN3O2S. The minimum absolute atomic E-state index is 0.120. The van der Waals surface area contributed by atoms with Gasteiger partial charge in [-0.2, -0.15) is 9.78 Å². The topological polar surface area (TPSA) is 68.0 Å². The molecule has 3 rings (SSSR count). The second-order valence-electron chi connectivity index (χ2n) is 3.53. The summed E-state index contributed by atoms with van der Waals surface area (Å²) in [5, 5.41) is 13.6. The predicted molar refractivity (Wildman–Crippen MR) is 71.4 cm³/mol. The van der Waals surface area contributed by atoms with Crippen molar-refractivity contribution in [3.05, 3.63) is 40.6 Å². The summed E-state index contributed by atoms with van der Waals surface area (Å²) in [4.78, 5) is 15.4. The molecule has 1 N–H and O–H groups in total. The molecule has 7 heteroatoms. The number of aromatic carboxylic acids is 1. The number of benzene rings is 1. The van der Waals surface area contributed by atoms with Crippen LogP contribution in [0, 0.1) is 0 Å². The number of para-hydroxylation sites is 1. The number of fused-ring (bicyclic) bond motifs is 1. The first-order valence-electron chi connectivity index (χ1n) is 4.99. The first kappa shape index (κ1) is 11.4. The van der Waals surface area contributed by atoms with Gasteiger partial charge in [0, 0.05) is 0 Å². The Bertz CT molecular complexity index is 717. The van der Waals surface area contributed by atoms with Gasteiger partial charge in [0.2, 0.25) is 5.13 Å². The first-order chi connectivity index (χ1) is 8.66. The maximum atomic E-state index is 10.9. The van der Waals surface area contributed by atoms with Crippen LogP contribution in [0.4, 0.5) is 0 Å². The Morgan fingerprint density at radius 3 is 2.83 bits per heavy atom. The molecule has 2 heterocycles. The smallest absolute Gasteiger partial charge is 0.340 e. The Balaban J connectivity index is 2.17. The van der Waals surface area contributed by atoms with E-state index in [1.807, 2.05) is 24.3 Å². The summed E-state index contributed by atoms with van der Waals surface area (Å²) in [6.45, 7) is 0. The number of hydrogen-bond donors (Lipinski definition) is 1. The number of halogens is 1. The van der Waals surface area contributed by atoms with Gasteiger partial charge >= 0.3 is 5.97 Å². The van der Waals surface area contributed by atoms with Crippen molar-refractivity contribution in [1.82, 2.24) is 14.8 Å². The molecule has 0 amide bonds. The van der Waals surface area contributed by atoms with Gasteiger partial charge in [0.15, 0.2) is 0 Å². The Labute approximate surface area is 114 Å². The third-order valence-corrected chi connectivity index (χ3v) is 4.18. The quantitative estimate of drug-likeness (QED) is 0.787. The second kappa shape index (κ2) is 4.18. The second-order valence-corrected chi connectivity index (χ2v) is 5.29. The number of carbonyl (C=O) groups is 1. The molecule has 0 fully saturated rings. The van der Waals surface area contributed by atoms with Crippen molar-refractivity contribution in [3.63, 3.8) is 0 Å². The van der Waals surface area contributed by atoms with E-state index in [0.29, 0.717) is 9.73 Å². The zero-order valence-electron chi connectivity index (χ0n) is 8.87. The van der Waals surface area contributed by atoms with Crippen LogP contribution in [-0.4, -0.2) is 25.8 Å². The van der Waals surface area contributed by atoms with Crippen LogP contribution >= 0.6 is 27.3 Å². The van der Waals surface area contributed by atoms with E-state index in [0.717, 1.165) is 10.2 Å². The molecular weight excluding hydrogens is 318 g/mol. The van der Waals surface area contributed by atoms with Gasteiger partial charge in [-0.3, -0.25) is 0 Å². The third kappa shape index (κ3) is 1.72. The number of aromatic nitrogens is 3. The van der Waals surface area contributed by atoms with Gasteiger partial charge in [0.1, 0.15) is 10.2 Å². The molecule has 0 unspecified atom stereocenters. The van der Waals surface area contributed by atoms with Gasteiger partial charge in [0.05, 0.1) is 16.4 Å². The van der Waals surface area contributed by atoms with Gasteiger partial charge in [-0.25, -0.2) is 9.78 Å². The average Bonchev–Trinajstić information content (AvgIpc) is 2.91. The summed E-state index contributed by atoms with van der Waals surface area (Å²) in [5.74, 6) is -1.02. The number of nitrogens with zero attached hydrogens (tertiary/aromatic N) is 3. The van der Waals surface area contributed by atoms with E-state index in [1.165, 1.54) is 22.2 Å². The summed E-state index contributed by atoms with van der Waals surface area (Å²) >= 11 is 4.69. The highest BCUT2D eigenvalue weighted by Gasteiger charge is 2.17. The summed E-state index contributed by atoms with van der Waals surface area (Å²) in [5.41, 5.74) is 0.992. The first-order valence-corrected chi connectivity index (χ1v) is 6.60. The Morgan fingerprint density at radius 1 is 1.39 bits per heavy atom. The van der Waals surface area contributed by atoms with Crippen molar-refractivity contribution in [3.8, 4) is 5.13 Å². The lowest BCUT2D eigenvalue weighted by atomic mass is 10.3. The van der Waals surface area contributed by atoms with E-state index in [1.54, 1.807) is 0 Å². The summed E-state index contributed by atoms with van der Waals surface area (Å²) in [6.07, 6.45) is 1.30. The van der Waals surface area contributed by atoms with Crippen molar-refractivity contribution < 1.29 is 9.90 Å². The van der Waals surface area contributed by atoms with Crippen LogP contribution in [0.1, 0.15) is 10.4 Å². The molecule has 90 valence electrons. The standard InChI is InChI=1S/C11H6BrN3O2S/c12-9-6(10(16)17)5-13-15(9)11-14-7-3-1-2-4-8(7)18-11/h1-5H,(H,16,17). The highest BCUT2D eigenvalue weighted by atomic mass is 79.9. The van der Waals surface area contributed by atoms with Crippen LogP contribution in [0.25, 0.3) is 15.3 Å². The summed E-state index contributed by atoms with van der Waals surface area (Å²) < 4.78 is 2.91. The van der Waals surface area contributed by atoms with E-state index >= 15 is 0 Å². The fraction of sp³-hybridized carbons (Fsp3) is 0. The molecule has 1 aromatic carbocycles. The van der Waals surface area contributed by atoms with Gasteiger partial charge < -0.3 is 5.11 Å². The van der Waals surface area contributed by atoms with Crippen LogP contribution in [0.5, 0.6) is 0 Å². The lowest BCUT2D eigenvalue weighted by Crippen LogP contribution is -1.98. The number of rotatable bonds is 2. The lowest BCUT2D eigenvalue weighted by molar-refractivity contribution is 0.0696. The Kier molecular flexibility index (Phi) is 2.64. The molecule has 0 aliphatic rings. The maximum Gasteiger partial charge on any atom is 0.340 e. The summed E-state index contributed by atoms with van der Waals surface area (Å²) in [7, 11) is 0. The van der Waals surface area contributed by atoms with Crippen molar-refractivity contribution >= 4 is 43.5 Å². The fourth-order valence-corrected chi connectivity index (χ4v) is 3.14. The van der Waals surface area contributed by atoms with Crippen LogP contribution in [-0.2, 0) is 0 Å². The molecule has 2 aromatic heterocycles. The van der Waals surface area contributed by atoms with Gasteiger partial charge in [-0.05, 0) is 28.1 Å². The number of carboxylic acid groups (broad SMARTS) is 1. The Hall–Kier alpha value is -1.73. The normalized spacial score (nSPS) is 10.9. The van der Waals surface area contributed by atoms with Crippen LogP contribution in [0.15, 0.2) is 35.1 Å². The highest BCUT2D eigenvalue weighted by molar-refractivity contribution is 9.10. The largest absolute Gasteiger partial charge is 0.478 e. The minimum Gasteiger partial charge on any atom is -0.478 e. The van der Waals surface area contributed by atoms with Crippen LogP contribution < -0.4 is 0 Å². The van der Waals surface area contributed by atoms with Crippen LogP contribution in [0.3, 0.4) is 0 Å². The molecule has 18 heavy (non-hydrogen) atoms. The van der Waals surface area contributed by atoms with Crippen molar-refractivity contribution in [2.45, 2.75) is 0 Å². The van der Waals surface area contributed by atoms with Gasteiger partial charge in [0.25, 0.3) is 0 Å². The van der Waals surface area contributed by atoms with E-state index in [-0.39, 0.29) is 5.56 Å². The molecule has 3 aromatic rings. The molecule has 0 saturated heterocycles. The fourth-order valence-electron chi connectivity index (χ4n) is 1.56. The van der Waals surface area contributed by atoms with E-state index < -0.39 is 5.97 Å². The zero-order valence-corrected chi connectivity index (χ0v) is 11.3. The Morgan fingerprint density at radius 2 is 2.17 bits per heavy atom. The minimum atomic E-state index is -1.02. The molecule has 0 atom stereocenters. The van der Waals surface area contributed by atoms with Crippen molar-refractivity contribution in [2.75, 3.05) is 0 Å². The average molecular weight is 324 g/mol. The van der Waals surface area contributed by atoms with E-state index in [2.05, 4.69) is 26.0 Å². The highest BCUT2D eigenvalue weighted by Crippen LogP contribution is 2.27. The monoisotopic (exact) mass is 323 g/mol. The molecule has 5 nitrogen and oxygen atoms in total. The van der Waals surface area contributed by atoms with Gasteiger partial charge in [-0.15, -0.1) is 0 Å². The zero-order chi connectivity index (χ0) is 12.7. The maximum absolute atomic E-state index is 10.9. The number of thiazole rings is 1. The van der Waals surface area contributed by atoms with Crippen molar-refractivity contribution in [2.24, 2.45) is 0 Å². The lowest BCUT2D eigenvalue weighted by Gasteiger charge is -1.96.